The van der Waals surface area contributed by atoms with E-state index in [9.17, 15) is 9.90 Å². The van der Waals surface area contributed by atoms with E-state index in [1.54, 1.807) is 0 Å². The van der Waals surface area contributed by atoms with Crippen LogP contribution in [0, 0.1) is 0 Å². The van der Waals surface area contributed by atoms with Crippen LogP contribution in [0.5, 0.6) is 11.5 Å². The topological polar surface area (TPSA) is 83.5 Å². The normalized spacial score (nSPS) is 18.4. The Bertz CT molecular complexity index is 921. The van der Waals surface area contributed by atoms with Gasteiger partial charge in [-0.1, -0.05) is 36.4 Å². The van der Waals surface area contributed by atoms with Crippen LogP contribution < -0.4 is 14.8 Å². The maximum atomic E-state index is 11.7. The summed E-state index contributed by atoms with van der Waals surface area (Å²) in [6.45, 7) is 7.79. The van der Waals surface area contributed by atoms with Gasteiger partial charge in [-0.15, -0.1) is 0 Å². The number of nitrogens with one attached hydrogen (secondary N) is 1. The van der Waals surface area contributed by atoms with Crippen molar-refractivity contribution in [2.75, 3.05) is 65.6 Å². The van der Waals surface area contributed by atoms with E-state index in [0.29, 0.717) is 37.7 Å². The van der Waals surface area contributed by atoms with Gasteiger partial charge in [0.25, 0.3) is 0 Å². The molecular formula is C27H37N3O5. The quantitative estimate of drug-likeness (QED) is 0.413. The van der Waals surface area contributed by atoms with Gasteiger partial charge in [0, 0.05) is 52.4 Å². The summed E-state index contributed by atoms with van der Waals surface area (Å²) < 4.78 is 17.3. The number of carbonyl (C=O) groups is 1. The minimum atomic E-state index is -0.673. The molecule has 2 unspecified atom stereocenters. The molecule has 2 aromatic rings. The molecule has 2 aromatic carbocycles. The number of nitrogens with zero attached hydrogens (tertiary/aromatic N) is 2. The maximum absolute atomic E-state index is 11.7. The zero-order valence-electron chi connectivity index (χ0n) is 20.3. The SMILES string of the molecule is O=CC(CNCC(O)CN1CCc2ccccc2C1)Oc1ccccc1OCCN1CCOCC1. The molecule has 35 heavy (non-hydrogen) atoms. The first kappa shape index (κ1) is 25.6. The number of benzene rings is 2. The van der Waals surface area contributed by atoms with Crippen LogP contribution in [0.15, 0.2) is 48.5 Å². The second-order valence-corrected chi connectivity index (χ2v) is 9.11. The first-order chi connectivity index (χ1) is 17.2. The van der Waals surface area contributed by atoms with Crippen LogP contribution in [-0.4, -0.2) is 99.0 Å². The summed E-state index contributed by atoms with van der Waals surface area (Å²) in [5.41, 5.74) is 2.73. The highest BCUT2D eigenvalue weighted by atomic mass is 16.5. The Kier molecular flexibility index (Phi) is 9.92. The molecule has 0 aromatic heterocycles. The van der Waals surface area contributed by atoms with E-state index in [2.05, 4.69) is 39.4 Å². The van der Waals surface area contributed by atoms with E-state index in [1.165, 1.54) is 11.1 Å². The Balaban J connectivity index is 1.18. The lowest BCUT2D eigenvalue weighted by molar-refractivity contribution is -0.113. The maximum Gasteiger partial charge on any atom is 0.166 e. The summed E-state index contributed by atoms with van der Waals surface area (Å²) in [5.74, 6) is 1.17. The Morgan fingerprint density at radius 2 is 1.71 bits per heavy atom. The van der Waals surface area contributed by atoms with Crippen molar-refractivity contribution in [3.8, 4) is 11.5 Å². The van der Waals surface area contributed by atoms with E-state index in [4.69, 9.17) is 14.2 Å². The second kappa shape index (κ2) is 13.6. The van der Waals surface area contributed by atoms with Gasteiger partial charge in [-0.05, 0) is 29.7 Å². The zero-order valence-corrected chi connectivity index (χ0v) is 20.3. The average molecular weight is 484 g/mol. The van der Waals surface area contributed by atoms with Crippen molar-refractivity contribution in [2.45, 2.75) is 25.2 Å². The summed E-state index contributed by atoms with van der Waals surface area (Å²) in [6.07, 6.45) is 0.591. The number of morpholine rings is 1. The molecule has 1 fully saturated rings. The largest absolute Gasteiger partial charge is 0.488 e. The van der Waals surface area contributed by atoms with Gasteiger partial charge in [-0.25, -0.2) is 0 Å². The summed E-state index contributed by atoms with van der Waals surface area (Å²) >= 11 is 0. The van der Waals surface area contributed by atoms with Crippen LogP contribution in [0.25, 0.3) is 0 Å². The second-order valence-electron chi connectivity index (χ2n) is 9.11. The monoisotopic (exact) mass is 483 g/mol. The Morgan fingerprint density at radius 3 is 2.51 bits per heavy atom. The van der Waals surface area contributed by atoms with Crippen molar-refractivity contribution in [1.82, 2.24) is 15.1 Å². The number of fused-ring (bicyclic) bond motifs is 1. The van der Waals surface area contributed by atoms with E-state index in [0.717, 1.165) is 58.6 Å². The fourth-order valence-electron chi connectivity index (χ4n) is 4.52. The molecule has 2 atom stereocenters. The van der Waals surface area contributed by atoms with Crippen molar-refractivity contribution in [1.29, 1.82) is 0 Å². The molecule has 0 radical (unpaired) electrons. The van der Waals surface area contributed by atoms with Gasteiger partial charge in [0.2, 0.25) is 0 Å². The average Bonchev–Trinajstić information content (AvgIpc) is 2.89. The number of aliphatic hydroxyl groups is 1. The number of para-hydroxylation sites is 2. The smallest absolute Gasteiger partial charge is 0.166 e. The lowest BCUT2D eigenvalue weighted by Gasteiger charge is -2.30. The highest BCUT2D eigenvalue weighted by Gasteiger charge is 2.19. The Labute approximate surface area is 207 Å². The van der Waals surface area contributed by atoms with Crippen LogP contribution in [0.2, 0.25) is 0 Å². The third kappa shape index (κ3) is 8.02. The first-order valence-corrected chi connectivity index (χ1v) is 12.5. The molecule has 0 spiro atoms. The Morgan fingerprint density at radius 1 is 0.971 bits per heavy atom. The fraction of sp³-hybridized carbons (Fsp3) is 0.519. The summed E-state index contributed by atoms with van der Waals surface area (Å²) in [4.78, 5) is 16.2. The van der Waals surface area contributed by atoms with Gasteiger partial charge in [-0.2, -0.15) is 0 Å². The van der Waals surface area contributed by atoms with Gasteiger partial charge < -0.3 is 24.6 Å². The Hall–Kier alpha value is -2.49. The van der Waals surface area contributed by atoms with Gasteiger partial charge in [0.05, 0.1) is 19.3 Å². The molecule has 190 valence electrons. The fourth-order valence-corrected chi connectivity index (χ4v) is 4.52. The molecule has 8 nitrogen and oxygen atoms in total. The molecule has 2 aliphatic rings. The number of aldehydes is 1. The van der Waals surface area contributed by atoms with Crippen LogP contribution in [0.1, 0.15) is 11.1 Å². The number of aliphatic hydroxyl groups excluding tert-OH is 1. The van der Waals surface area contributed by atoms with E-state index in [1.807, 2.05) is 24.3 Å². The number of ether oxygens (including phenoxy) is 3. The third-order valence-corrected chi connectivity index (χ3v) is 6.45. The van der Waals surface area contributed by atoms with Crippen LogP contribution >= 0.6 is 0 Å². The lowest BCUT2D eigenvalue weighted by atomic mass is 10.00. The van der Waals surface area contributed by atoms with Crippen LogP contribution in [0.4, 0.5) is 0 Å². The lowest BCUT2D eigenvalue weighted by Crippen LogP contribution is -2.43. The van der Waals surface area contributed by atoms with Crippen LogP contribution in [0.3, 0.4) is 0 Å². The molecule has 0 bridgehead atoms. The molecule has 4 rings (SSSR count). The standard InChI is InChI=1S/C27H37N3O5/c31-21-25(18-28-17-24(32)20-30-10-9-22-5-1-2-6-23(22)19-30)35-27-8-4-3-7-26(27)34-16-13-29-11-14-33-15-12-29/h1-8,21,24-25,28,32H,9-20H2. The molecule has 2 heterocycles. The van der Waals surface area contributed by atoms with Gasteiger partial charge in [0.1, 0.15) is 6.61 Å². The molecule has 8 heteroatoms. The third-order valence-electron chi connectivity index (χ3n) is 6.45. The summed E-state index contributed by atoms with van der Waals surface area (Å²) in [7, 11) is 0. The first-order valence-electron chi connectivity index (χ1n) is 12.5. The number of hydrogen-bond acceptors (Lipinski definition) is 8. The number of carbonyl (C=O) groups excluding carboxylic acids is 1. The molecule has 1 saturated heterocycles. The highest BCUT2D eigenvalue weighted by molar-refractivity contribution is 5.58. The van der Waals surface area contributed by atoms with Crippen LogP contribution in [-0.2, 0) is 22.5 Å². The van der Waals surface area contributed by atoms with Crippen molar-refractivity contribution in [3.63, 3.8) is 0 Å². The van der Waals surface area contributed by atoms with Crippen molar-refractivity contribution in [3.05, 3.63) is 59.7 Å². The number of hydrogen-bond donors (Lipinski definition) is 2. The highest BCUT2D eigenvalue weighted by Crippen LogP contribution is 2.27. The molecule has 2 N–H and O–H groups in total. The molecular weight excluding hydrogens is 446 g/mol. The molecule has 0 amide bonds. The van der Waals surface area contributed by atoms with Gasteiger partial charge in [-0.3, -0.25) is 14.6 Å². The summed E-state index contributed by atoms with van der Waals surface area (Å²) in [5, 5.41) is 13.7. The predicted molar refractivity (Wildman–Crippen MR) is 134 cm³/mol. The number of rotatable bonds is 13. The molecule has 2 aliphatic heterocycles. The zero-order chi connectivity index (χ0) is 24.3. The van der Waals surface area contributed by atoms with E-state index in [-0.39, 0.29) is 0 Å². The molecule has 0 aliphatic carbocycles. The van der Waals surface area contributed by atoms with Crippen molar-refractivity contribution < 1.29 is 24.1 Å². The van der Waals surface area contributed by atoms with E-state index < -0.39 is 12.2 Å². The van der Waals surface area contributed by atoms with E-state index >= 15 is 0 Å². The summed E-state index contributed by atoms with van der Waals surface area (Å²) in [6, 6.07) is 15.9. The predicted octanol–water partition coefficient (Wildman–Crippen LogP) is 1.35. The van der Waals surface area contributed by atoms with Gasteiger partial charge in [0.15, 0.2) is 23.9 Å². The van der Waals surface area contributed by atoms with Gasteiger partial charge >= 0.3 is 0 Å². The minimum Gasteiger partial charge on any atom is -0.488 e. The van der Waals surface area contributed by atoms with Crippen molar-refractivity contribution >= 4 is 6.29 Å². The number of β-amino-alcohol motifs (C(OH)–C–C–N with tert-alkyl or cyclic N) is 1. The minimum absolute atomic E-state index is 0.311. The van der Waals surface area contributed by atoms with Crippen molar-refractivity contribution in [2.24, 2.45) is 0 Å². The molecule has 0 saturated carbocycles.